The molecule has 0 fully saturated rings. The van der Waals surface area contributed by atoms with Crippen LogP contribution in [0.3, 0.4) is 0 Å². The van der Waals surface area contributed by atoms with Crippen LogP contribution in [0.2, 0.25) is 5.28 Å². The predicted molar refractivity (Wildman–Crippen MR) is 53.2 cm³/mol. The maximum Gasteiger partial charge on any atom is 0.224 e. The molecule has 0 spiro atoms. The summed E-state index contributed by atoms with van der Waals surface area (Å²) in [6.45, 7) is 1.74. The minimum Gasteiger partial charge on any atom is -0.358 e. The lowest BCUT2D eigenvalue weighted by Gasteiger charge is -2.10. The van der Waals surface area contributed by atoms with E-state index in [0.29, 0.717) is 5.82 Å². The number of aromatic amines is 1. The van der Waals surface area contributed by atoms with E-state index >= 15 is 0 Å². The predicted octanol–water partition coefficient (Wildman–Crippen LogP) is 0.955. The lowest BCUT2D eigenvalue weighted by atomic mass is 10.3. The van der Waals surface area contributed by atoms with E-state index in [-0.39, 0.29) is 17.1 Å². The van der Waals surface area contributed by atoms with Gasteiger partial charge in [0, 0.05) is 0 Å². The zero-order chi connectivity index (χ0) is 11.5. The molecule has 0 amide bonds. The summed E-state index contributed by atoms with van der Waals surface area (Å²) in [5.74, 6) is -0.203. The summed E-state index contributed by atoms with van der Waals surface area (Å²) in [5, 5.41) is 15.9. The number of aromatic nitrogens is 6. The number of nitrogens with one attached hydrogen (secondary N) is 2. The molecule has 2 rings (SSSR count). The zero-order valence-electron chi connectivity index (χ0n) is 8.15. The molecule has 0 aliphatic heterocycles. The molecule has 0 saturated heterocycles. The quantitative estimate of drug-likeness (QED) is 0.780. The van der Waals surface area contributed by atoms with Crippen LogP contribution in [-0.2, 0) is 0 Å². The highest BCUT2D eigenvalue weighted by Crippen LogP contribution is 2.17. The Labute approximate surface area is 94.4 Å². The number of rotatable bonds is 3. The normalized spacial score (nSPS) is 12.4. The zero-order valence-corrected chi connectivity index (χ0v) is 8.90. The van der Waals surface area contributed by atoms with Crippen molar-refractivity contribution in [2.45, 2.75) is 13.0 Å². The highest BCUT2D eigenvalue weighted by atomic mass is 35.5. The van der Waals surface area contributed by atoms with Crippen LogP contribution in [-0.4, -0.2) is 30.6 Å². The van der Waals surface area contributed by atoms with E-state index in [4.69, 9.17) is 11.6 Å². The van der Waals surface area contributed by atoms with E-state index in [0.717, 1.165) is 6.20 Å². The Morgan fingerprint density at radius 1 is 1.56 bits per heavy atom. The largest absolute Gasteiger partial charge is 0.358 e. The van der Waals surface area contributed by atoms with Gasteiger partial charge in [-0.25, -0.2) is 9.37 Å². The molecule has 2 heterocycles. The third kappa shape index (κ3) is 2.22. The molecule has 0 aromatic carbocycles. The smallest absolute Gasteiger partial charge is 0.224 e. The van der Waals surface area contributed by atoms with Gasteiger partial charge in [-0.2, -0.15) is 10.2 Å². The summed E-state index contributed by atoms with van der Waals surface area (Å²) >= 11 is 5.55. The van der Waals surface area contributed by atoms with E-state index < -0.39 is 5.82 Å². The van der Waals surface area contributed by atoms with Gasteiger partial charge in [-0.1, -0.05) is 5.21 Å². The van der Waals surface area contributed by atoms with Gasteiger partial charge in [-0.3, -0.25) is 0 Å². The van der Waals surface area contributed by atoms with Crippen molar-refractivity contribution in [3.05, 3.63) is 23.1 Å². The maximum atomic E-state index is 13.3. The van der Waals surface area contributed by atoms with Crippen LogP contribution in [0, 0.1) is 5.82 Å². The van der Waals surface area contributed by atoms with Gasteiger partial charge in [-0.15, -0.1) is 10.2 Å². The molecule has 16 heavy (non-hydrogen) atoms. The van der Waals surface area contributed by atoms with Crippen LogP contribution < -0.4 is 5.32 Å². The summed E-state index contributed by atoms with van der Waals surface area (Å²) in [7, 11) is 0. The number of hydrogen-bond donors (Lipinski definition) is 2. The lowest BCUT2D eigenvalue weighted by molar-refractivity contribution is 0.612. The Morgan fingerprint density at radius 3 is 3.06 bits per heavy atom. The third-order valence-corrected chi connectivity index (χ3v) is 2.00. The first-order valence-corrected chi connectivity index (χ1v) is 4.72. The van der Waals surface area contributed by atoms with Crippen molar-refractivity contribution in [1.82, 2.24) is 30.6 Å². The van der Waals surface area contributed by atoms with Crippen LogP contribution in [0.4, 0.5) is 10.2 Å². The lowest BCUT2D eigenvalue weighted by Crippen LogP contribution is -2.11. The SMILES string of the molecule is CC(Nc1nc(Cl)ncc1F)c1nn[nH]n1. The molecule has 1 unspecified atom stereocenters. The molecule has 0 saturated carbocycles. The molecule has 2 N–H and O–H groups in total. The van der Waals surface area contributed by atoms with Gasteiger partial charge in [0.15, 0.2) is 17.5 Å². The van der Waals surface area contributed by atoms with Crippen LogP contribution in [0.1, 0.15) is 18.8 Å². The van der Waals surface area contributed by atoms with E-state index in [9.17, 15) is 4.39 Å². The minimum absolute atomic E-state index is 0.00250. The Morgan fingerprint density at radius 2 is 2.38 bits per heavy atom. The fourth-order valence-electron chi connectivity index (χ4n) is 1.07. The maximum absolute atomic E-state index is 13.3. The van der Waals surface area contributed by atoms with Crippen molar-refractivity contribution in [1.29, 1.82) is 0 Å². The average molecular weight is 244 g/mol. The van der Waals surface area contributed by atoms with Gasteiger partial charge < -0.3 is 5.32 Å². The monoisotopic (exact) mass is 243 g/mol. The van der Waals surface area contributed by atoms with Crippen molar-refractivity contribution in [3.8, 4) is 0 Å². The second-order valence-corrected chi connectivity index (χ2v) is 3.31. The second kappa shape index (κ2) is 4.35. The van der Waals surface area contributed by atoms with Gasteiger partial charge in [0.05, 0.1) is 12.2 Å². The summed E-state index contributed by atoms with van der Waals surface area (Å²) in [4.78, 5) is 7.20. The highest BCUT2D eigenvalue weighted by Gasteiger charge is 2.13. The van der Waals surface area contributed by atoms with Crippen molar-refractivity contribution in [3.63, 3.8) is 0 Å². The number of hydrogen-bond acceptors (Lipinski definition) is 6. The first kappa shape index (κ1) is 10.7. The topological polar surface area (TPSA) is 92.3 Å². The molecule has 0 bridgehead atoms. The molecule has 0 radical (unpaired) electrons. The van der Waals surface area contributed by atoms with E-state index in [2.05, 4.69) is 35.9 Å². The summed E-state index contributed by atoms with van der Waals surface area (Å²) in [6.07, 6.45) is 0.987. The molecular weight excluding hydrogens is 237 g/mol. The van der Waals surface area contributed by atoms with Gasteiger partial charge in [0.2, 0.25) is 5.28 Å². The number of tetrazole rings is 1. The minimum atomic E-state index is -0.597. The van der Waals surface area contributed by atoms with E-state index in [1.54, 1.807) is 6.92 Å². The molecule has 1 atom stereocenters. The Bertz CT molecular complexity index is 474. The van der Waals surface area contributed by atoms with Gasteiger partial charge in [0.25, 0.3) is 0 Å². The number of halogens is 2. The second-order valence-electron chi connectivity index (χ2n) is 2.97. The fourth-order valence-corrected chi connectivity index (χ4v) is 1.20. The standard InChI is InChI=1S/C7H7ClFN7/c1-3(5-13-15-16-14-5)11-6-4(9)2-10-7(8)12-6/h2-3H,1H3,(H,10,11,12)(H,13,14,15,16). The van der Waals surface area contributed by atoms with E-state index in [1.807, 2.05) is 0 Å². The van der Waals surface area contributed by atoms with Crippen molar-refractivity contribution in [2.24, 2.45) is 0 Å². The van der Waals surface area contributed by atoms with Gasteiger partial charge in [-0.05, 0) is 18.5 Å². The molecule has 2 aromatic rings. The average Bonchev–Trinajstić information content (AvgIpc) is 2.76. The third-order valence-electron chi connectivity index (χ3n) is 1.82. The molecule has 0 aliphatic carbocycles. The first-order chi connectivity index (χ1) is 7.66. The number of H-pyrrole nitrogens is 1. The number of nitrogens with zero attached hydrogens (tertiary/aromatic N) is 5. The van der Waals surface area contributed by atoms with Crippen LogP contribution in [0.25, 0.3) is 0 Å². The van der Waals surface area contributed by atoms with Gasteiger partial charge in [0.1, 0.15) is 0 Å². The summed E-state index contributed by atoms with van der Waals surface area (Å²) < 4.78 is 13.3. The number of anilines is 1. The molecule has 2 aromatic heterocycles. The van der Waals surface area contributed by atoms with Crippen LogP contribution in [0.5, 0.6) is 0 Å². The molecule has 84 valence electrons. The van der Waals surface area contributed by atoms with Crippen molar-refractivity contribution >= 4 is 17.4 Å². The highest BCUT2D eigenvalue weighted by molar-refractivity contribution is 6.28. The van der Waals surface area contributed by atoms with Crippen molar-refractivity contribution in [2.75, 3.05) is 5.32 Å². The Balaban J connectivity index is 2.17. The Hall–Kier alpha value is -1.83. The first-order valence-electron chi connectivity index (χ1n) is 4.34. The van der Waals surface area contributed by atoms with Crippen LogP contribution >= 0.6 is 11.6 Å². The van der Waals surface area contributed by atoms with Crippen molar-refractivity contribution < 1.29 is 4.39 Å². The molecule has 7 nitrogen and oxygen atoms in total. The fraction of sp³-hybridized carbons (Fsp3) is 0.286. The molecule has 0 aliphatic rings. The van der Waals surface area contributed by atoms with Crippen LogP contribution in [0.15, 0.2) is 6.20 Å². The Kier molecular flexibility index (Phi) is 2.91. The van der Waals surface area contributed by atoms with Gasteiger partial charge >= 0.3 is 0 Å². The summed E-state index contributed by atoms with van der Waals surface area (Å²) in [6, 6.07) is -0.348. The summed E-state index contributed by atoms with van der Waals surface area (Å²) in [5.41, 5.74) is 0. The molecule has 9 heteroatoms. The molecular formula is C7H7ClFN7. The van der Waals surface area contributed by atoms with E-state index in [1.165, 1.54) is 0 Å².